The molecule has 0 radical (unpaired) electrons. The number of Topliss-reactive ketones (excluding diaryl/α,β-unsaturated/α-hetero) is 1. The summed E-state index contributed by atoms with van der Waals surface area (Å²) < 4.78 is 94.7. The van der Waals surface area contributed by atoms with Crippen molar-refractivity contribution in [1.82, 2.24) is 0 Å². The van der Waals surface area contributed by atoms with E-state index >= 15 is 0 Å². The van der Waals surface area contributed by atoms with Gasteiger partial charge >= 0.3 is 0 Å². The molecule has 5 aliphatic heterocycles. The number of aliphatic hydroxyl groups is 3. The minimum absolute atomic E-state index is 0.00357. The third kappa shape index (κ3) is 11.1. The first kappa shape index (κ1) is 58.3. The fourth-order valence-corrected chi connectivity index (χ4v) is 15.6. The maximum atomic E-state index is 12.7. The quantitative estimate of drug-likeness (QED) is 0.168. The summed E-state index contributed by atoms with van der Waals surface area (Å²) in [5.41, 5.74) is -0.754. The van der Waals surface area contributed by atoms with Crippen molar-refractivity contribution in [3.63, 3.8) is 0 Å². The molecule has 0 bridgehead atoms. The van der Waals surface area contributed by atoms with Gasteiger partial charge in [0, 0.05) is 79.0 Å². The lowest BCUT2D eigenvalue weighted by atomic mass is 9.45. The van der Waals surface area contributed by atoms with Crippen LogP contribution < -0.4 is 0 Å². The van der Waals surface area contributed by atoms with Gasteiger partial charge in [-0.3, -0.25) is 4.79 Å². The first-order valence-electron chi connectivity index (χ1n) is 28.2. The lowest BCUT2D eigenvalue weighted by molar-refractivity contribution is -0.352. The van der Waals surface area contributed by atoms with Crippen LogP contribution in [0, 0.1) is 28.6 Å². The molecule has 28 unspecified atom stereocenters. The van der Waals surface area contributed by atoms with Gasteiger partial charge in [0.25, 0.3) is 0 Å². The highest BCUT2D eigenvalue weighted by atomic mass is 16.8. The van der Waals surface area contributed by atoms with Crippen LogP contribution in [0.2, 0.25) is 0 Å². The first-order valence-corrected chi connectivity index (χ1v) is 28.2. The highest BCUT2D eigenvalue weighted by Crippen LogP contribution is 2.68. The summed E-state index contributed by atoms with van der Waals surface area (Å²) in [6.45, 7) is 15.5. The third-order valence-corrected chi connectivity index (χ3v) is 20.1. The number of allylic oxidation sites excluding steroid dienone is 1. The number of fused-ring (bicyclic) bond motifs is 5. The van der Waals surface area contributed by atoms with E-state index < -0.39 is 110 Å². The van der Waals surface area contributed by atoms with Gasteiger partial charge in [0.2, 0.25) is 0 Å². The standard InChI is InChI=1S/C56H92O19/c1-27(57)35-17-19-56(60)36-15-14-33-20-34(16-18-54(33,7)37(36)21-43(58)55(35,56)8)71-44-23-39(62-10)50(29(3)67-44)73-46-25-41(64-12)52(31(5)69-46)75-48-26-42(65-13)53(32(6)70-48)74-47-24-40(63-11)51(30(4)68-47)72-45-22-38(61-9)49(59)28(2)66-45/h14,28-32,34-53,58-60H,15-26H2,1-13H3. The number of carbonyl (C=O) groups excluding carboxylic acids is 1. The Labute approximate surface area is 444 Å². The van der Waals surface area contributed by atoms with E-state index in [-0.39, 0.29) is 65.6 Å². The van der Waals surface area contributed by atoms with Crippen LogP contribution in [-0.2, 0) is 75.8 Å². The van der Waals surface area contributed by atoms with E-state index in [1.165, 1.54) is 5.57 Å². The summed E-state index contributed by atoms with van der Waals surface area (Å²) in [5, 5.41) is 34.6. The summed E-state index contributed by atoms with van der Waals surface area (Å²) >= 11 is 0. The third-order valence-electron chi connectivity index (χ3n) is 20.1. The van der Waals surface area contributed by atoms with Crippen LogP contribution in [0.15, 0.2) is 11.6 Å². The molecule has 5 heterocycles. The molecule has 19 nitrogen and oxygen atoms in total. The van der Waals surface area contributed by atoms with E-state index in [1.807, 2.05) is 34.6 Å². The van der Waals surface area contributed by atoms with Crippen molar-refractivity contribution >= 4 is 5.78 Å². The number of rotatable bonds is 16. The van der Waals surface area contributed by atoms with Gasteiger partial charge in [-0.15, -0.1) is 0 Å². The zero-order valence-corrected chi connectivity index (χ0v) is 46.9. The molecule has 28 atom stereocenters. The summed E-state index contributed by atoms with van der Waals surface area (Å²) in [5.74, 6) is -0.146. The van der Waals surface area contributed by atoms with Gasteiger partial charge in [-0.2, -0.15) is 0 Å². The monoisotopic (exact) mass is 1070 g/mol. The average Bonchev–Trinajstić information content (AvgIpc) is 3.67. The van der Waals surface area contributed by atoms with Crippen molar-refractivity contribution in [3.8, 4) is 0 Å². The van der Waals surface area contributed by atoms with Crippen LogP contribution in [0.5, 0.6) is 0 Å². The van der Waals surface area contributed by atoms with E-state index in [0.717, 1.165) is 25.7 Å². The Morgan fingerprint density at radius 2 is 0.947 bits per heavy atom. The summed E-state index contributed by atoms with van der Waals surface area (Å²) in [6.07, 6.45) is -0.933. The molecule has 9 rings (SSSR count). The molecular formula is C56H92O19. The molecule has 8 fully saturated rings. The number of ether oxygens (including phenoxy) is 15. The molecule has 3 saturated carbocycles. The molecule has 0 aromatic heterocycles. The van der Waals surface area contributed by atoms with Crippen molar-refractivity contribution < 1.29 is 91.2 Å². The molecule has 430 valence electrons. The largest absolute Gasteiger partial charge is 0.392 e. The molecule has 3 N–H and O–H groups in total. The molecule has 0 aromatic rings. The van der Waals surface area contributed by atoms with Crippen molar-refractivity contribution in [2.24, 2.45) is 28.6 Å². The van der Waals surface area contributed by atoms with E-state index in [4.69, 9.17) is 71.1 Å². The Morgan fingerprint density at radius 3 is 1.36 bits per heavy atom. The Hall–Kier alpha value is -1.31. The topological polar surface area (TPSA) is 216 Å². The fraction of sp³-hybridized carbons (Fsp3) is 0.946. The van der Waals surface area contributed by atoms with Crippen LogP contribution in [0.4, 0.5) is 0 Å². The van der Waals surface area contributed by atoms with Gasteiger partial charge in [0.1, 0.15) is 36.3 Å². The second kappa shape index (κ2) is 23.6. The second-order valence-corrected chi connectivity index (χ2v) is 24.1. The van der Waals surface area contributed by atoms with Gasteiger partial charge in [0.05, 0.1) is 78.8 Å². The zero-order chi connectivity index (χ0) is 53.9. The zero-order valence-electron chi connectivity index (χ0n) is 46.9. The normalized spacial score (nSPS) is 52.3. The molecule has 0 spiro atoms. The molecule has 9 aliphatic rings. The van der Waals surface area contributed by atoms with Gasteiger partial charge in [-0.1, -0.05) is 25.5 Å². The Bertz CT molecular complexity index is 1940. The molecular weight excluding hydrogens is 977 g/mol. The van der Waals surface area contributed by atoms with Crippen molar-refractivity contribution in [1.29, 1.82) is 0 Å². The van der Waals surface area contributed by atoms with Gasteiger partial charge in [-0.25, -0.2) is 0 Å². The van der Waals surface area contributed by atoms with Gasteiger partial charge in [0.15, 0.2) is 31.5 Å². The number of hydrogen-bond acceptors (Lipinski definition) is 19. The van der Waals surface area contributed by atoms with Crippen molar-refractivity contribution in [3.05, 3.63) is 11.6 Å². The Morgan fingerprint density at radius 1 is 0.547 bits per heavy atom. The van der Waals surface area contributed by atoms with Crippen molar-refractivity contribution in [2.75, 3.05) is 35.5 Å². The summed E-state index contributed by atoms with van der Waals surface area (Å²) in [4.78, 5) is 12.7. The highest BCUT2D eigenvalue weighted by Gasteiger charge is 2.70. The fourth-order valence-electron chi connectivity index (χ4n) is 15.6. The molecule has 0 amide bonds. The first-order chi connectivity index (χ1) is 35.7. The van der Waals surface area contributed by atoms with Crippen LogP contribution >= 0.6 is 0 Å². The highest BCUT2D eigenvalue weighted by molar-refractivity contribution is 5.80. The maximum Gasteiger partial charge on any atom is 0.161 e. The van der Waals surface area contributed by atoms with Gasteiger partial charge in [-0.05, 0) is 104 Å². The molecule has 5 saturated heterocycles. The number of methoxy groups -OCH3 is 5. The number of ketones is 1. The van der Waals surface area contributed by atoms with E-state index in [2.05, 4.69) is 13.0 Å². The minimum Gasteiger partial charge on any atom is -0.392 e. The SMILES string of the molecule is COC1CC(OC2C(C)OC(OC3C(C)OC(OC4C(C)OC(OC5C(C)OC(OC6CCC7(C)C(=CCC8C7CC(O)C7(C)C(C(C)=O)CCC87O)C6)CC5OC)CC4OC)CC3OC)CC2OC)OC(C)C1O. The average molecular weight is 1070 g/mol. The number of hydrogen-bond donors (Lipinski definition) is 3. The Balaban J connectivity index is 0.748. The van der Waals surface area contributed by atoms with E-state index in [9.17, 15) is 20.1 Å². The predicted octanol–water partition coefficient (Wildman–Crippen LogP) is 5.28. The van der Waals surface area contributed by atoms with Crippen LogP contribution in [0.3, 0.4) is 0 Å². The number of carbonyl (C=O) groups is 1. The minimum atomic E-state index is -1.08. The Kier molecular flexibility index (Phi) is 18.4. The van der Waals surface area contributed by atoms with Crippen molar-refractivity contribution in [2.45, 2.75) is 273 Å². The van der Waals surface area contributed by atoms with Crippen LogP contribution in [0.25, 0.3) is 0 Å². The van der Waals surface area contributed by atoms with Crippen LogP contribution in [0.1, 0.15) is 132 Å². The molecule has 75 heavy (non-hydrogen) atoms. The summed E-state index contributed by atoms with van der Waals surface area (Å²) in [6, 6.07) is 0. The number of aliphatic hydroxyl groups excluding tert-OH is 2. The lowest BCUT2D eigenvalue weighted by Crippen LogP contribution is -2.66. The summed E-state index contributed by atoms with van der Waals surface area (Å²) in [7, 11) is 8.23. The molecule has 19 heteroatoms. The van der Waals surface area contributed by atoms with E-state index in [0.29, 0.717) is 51.4 Å². The van der Waals surface area contributed by atoms with Crippen LogP contribution in [-0.4, -0.2) is 197 Å². The molecule has 4 aliphatic carbocycles. The maximum absolute atomic E-state index is 12.7. The second-order valence-electron chi connectivity index (χ2n) is 24.1. The van der Waals surface area contributed by atoms with E-state index in [1.54, 1.807) is 49.4 Å². The predicted molar refractivity (Wildman–Crippen MR) is 268 cm³/mol. The smallest absolute Gasteiger partial charge is 0.161 e. The lowest BCUT2D eigenvalue weighted by Gasteiger charge is -2.62. The van der Waals surface area contributed by atoms with Gasteiger partial charge < -0.3 is 86.4 Å². The molecule has 0 aromatic carbocycles.